The van der Waals surface area contributed by atoms with E-state index in [1.165, 1.54) is 18.4 Å². The average molecular weight is 247 g/mol. The third-order valence-electron chi connectivity index (χ3n) is 4.01. The summed E-state index contributed by atoms with van der Waals surface area (Å²) in [6.45, 7) is 3.65. The van der Waals surface area contributed by atoms with E-state index in [1.54, 1.807) is 6.07 Å². The molecule has 0 radical (unpaired) electrons. The highest BCUT2D eigenvalue weighted by Gasteiger charge is 2.40. The van der Waals surface area contributed by atoms with E-state index in [2.05, 4.69) is 12.2 Å². The van der Waals surface area contributed by atoms with E-state index in [1.807, 2.05) is 12.1 Å². The number of aromatic hydroxyl groups is 1. The van der Waals surface area contributed by atoms with Crippen LogP contribution in [-0.4, -0.2) is 23.9 Å². The summed E-state index contributed by atoms with van der Waals surface area (Å²) in [6.07, 6.45) is 4.13. The number of ether oxygens (including phenoxy) is 1. The maximum atomic E-state index is 9.83. The molecule has 3 rings (SSSR count). The number of aryl methyl sites for hydroxylation is 1. The normalized spacial score (nSPS) is 27.6. The Hall–Kier alpha value is -1.06. The van der Waals surface area contributed by atoms with Gasteiger partial charge in [-0.15, -0.1) is 0 Å². The molecule has 0 bridgehead atoms. The SMILES string of the molecule is Cc1ccc(O)c(CNC2CCOC2C2CC2)c1. The Morgan fingerprint density at radius 3 is 2.94 bits per heavy atom. The van der Waals surface area contributed by atoms with Crippen molar-refractivity contribution in [1.82, 2.24) is 5.32 Å². The fourth-order valence-electron chi connectivity index (χ4n) is 2.82. The molecule has 0 amide bonds. The summed E-state index contributed by atoms with van der Waals surface area (Å²) in [5.41, 5.74) is 2.17. The van der Waals surface area contributed by atoms with Gasteiger partial charge >= 0.3 is 0 Å². The first-order valence-electron chi connectivity index (χ1n) is 6.87. The molecular weight excluding hydrogens is 226 g/mol. The van der Waals surface area contributed by atoms with Gasteiger partial charge in [0.2, 0.25) is 0 Å². The monoisotopic (exact) mass is 247 g/mol. The van der Waals surface area contributed by atoms with Crippen molar-refractivity contribution in [2.45, 2.75) is 44.9 Å². The first-order chi connectivity index (χ1) is 8.74. The minimum Gasteiger partial charge on any atom is -0.508 e. The summed E-state index contributed by atoms with van der Waals surface area (Å²) in [6, 6.07) is 6.21. The Morgan fingerprint density at radius 2 is 2.17 bits per heavy atom. The fourth-order valence-corrected chi connectivity index (χ4v) is 2.82. The van der Waals surface area contributed by atoms with E-state index >= 15 is 0 Å². The Balaban J connectivity index is 1.61. The van der Waals surface area contributed by atoms with Crippen molar-refractivity contribution in [2.75, 3.05) is 6.61 Å². The third-order valence-corrected chi connectivity index (χ3v) is 4.01. The molecule has 2 N–H and O–H groups in total. The van der Waals surface area contributed by atoms with Crippen molar-refractivity contribution in [1.29, 1.82) is 0 Å². The minimum atomic E-state index is 0.384. The molecule has 18 heavy (non-hydrogen) atoms. The van der Waals surface area contributed by atoms with E-state index in [9.17, 15) is 5.11 Å². The molecule has 98 valence electrons. The van der Waals surface area contributed by atoms with E-state index in [0.29, 0.717) is 17.9 Å². The second-order valence-electron chi connectivity index (χ2n) is 5.58. The van der Waals surface area contributed by atoms with Gasteiger partial charge in [-0.05, 0) is 38.2 Å². The molecule has 3 heteroatoms. The maximum absolute atomic E-state index is 9.83. The predicted octanol–water partition coefficient (Wildman–Crippen LogP) is 2.36. The van der Waals surface area contributed by atoms with Crippen molar-refractivity contribution in [3.63, 3.8) is 0 Å². The van der Waals surface area contributed by atoms with Crippen LogP contribution in [-0.2, 0) is 11.3 Å². The third kappa shape index (κ3) is 2.52. The molecule has 1 aliphatic heterocycles. The van der Waals surface area contributed by atoms with Gasteiger partial charge in [-0.25, -0.2) is 0 Å². The second kappa shape index (κ2) is 4.90. The van der Waals surface area contributed by atoms with Crippen LogP contribution in [0, 0.1) is 12.8 Å². The summed E-state index contributed by atoms with van der Waals surface area (Å²) >= 11 is 0. The molecule has 1 aromatic rings. The Morgan fingerprint density at radius 1 is 1.33 bits per heavy atom. The van der Waals surface area contributed by atoms with Gasteiger partial charge in [-0.1, -0.05) is 17.7 Å². The van der Waals surface area contributed by atoms with Crippen molar-refractivity contribution in [3.8, 4) is 5.75 Å². The lowest BCUT2D eigenvalue weighted by Gasteiger charge is -2.20. The zero-order valence-electron chi connectivity index (χ0n) is 10.9. The van der Waals surface area contributed by atoms with Gasteiger partial charge in [0.05, 0.1) is 6.10 Å². The van der Waals surface area contributed by atoms with Crippen LogP contribution in [0.2, 0.25) is 0 Å². The van der Waals surface area contributed by atoms with Crippen LogP contribution in [0.25, 0.3) is 0 Å². The van der Waals surface area contributed by atoms with Gasteiger partial charge in [0, 0.05) is 24.8 Å². The lowest BCUT2D eigenvalue weighted by molar-refractivity contribution is 0.0808. The van der Waals surface area contributed by atoms with Crippen LogP contribution < -0.4 is 5.32 Å². The van der Waals surface area contributed by atoms with Crippen molar-refractivity contribution in [3.05, 3.63) is 29.3 Å². The van der Waals surface area contributed by atoms with Gasteiger partial charge in [-0.2, -0.15) is 0 Å². The largest absolute Gasteiger partial charge is 0.508 e. The highest BCUT2D eigenvalue weighted by Crippen LogP contribution is 2.38. The van der Waals surface area contributed by atoms with Crippen molar-refractivity contribution < 1.29 is 9.84 Å². The first kappa shape index (κ1) is 12.0. The number of rotatable bonds is 4. The molecule has 0 aromatic heterocycles. The molecule has 3 nitrogen and oxygen atoms in total. The summed E-state index contributed by atoms with van der Waals surface area (Å²) in [4.78, 5) is 0. The zero-order valence-corrected chi connectivity index (χ0v) is 10.9. The molecular formula is C15H21NO2. The first-order valence-corrected chi connectivity index (χ1v) is 6.87. The topological polar surface area (TPSA) is 41.5 Å². The predicted molar refractivity (Wildman–Crippen MR) is 70.6 cm³/mol. The highest BCUT2D eigenvalue weighted by molar-refractivity contribution is 5.35. The number of benzene rings is 1. The molecule has 0 spiro atoms. The molecule has 2 unspecified atom stereocenters. The quantitative estimate of drug-likeness (QED) is 0.858. The molecule has 1 aliphatic carbocycles. The summed E-state index contributed by atoms with van der Waals surface area (Å²) in [7, 11) is 0. The molecule has 2 atom stereocenters. The highest BCUT2D eigenvalue weighted by atomic mass is 16.5. The van der Waals surface area contributed by atoms with Gasteiger partial charge in [0.25, 0.3) is 0 Å². The molecule has 1 heterocycles. The van der Waals surface area contributed by atoms with Crippen LogP contribution in [0.15, 0.2) is 18.2 Å². The zero-order chi connectivity index (χ0) is 12.5. The summed E-state index contributed by atoms with van der Waals surface area (Å²) < 4.78 is 5.81. The standard InChI is InChI=1S/C15H21NO2/c1-10-2-5-14(17)12(8-10)9-16-13-6-7-18-15(13)11-3-4-11/h2,5,8,11,13,15-17H,3-4,6-7,9H2,1H3. The number of phenols is 1. The Bertz CT molecular complexity index is 429. The van der Waals surface area contributed by atoms with E-state index in [-0.39, 0.29) is 0 Å². The number of hydrogen-bond donors (Lipinski definition) is 2. The van der Waals surface area contributed by atoms with Gasteiger partial charge in [0.15, 0.2) is 0 Å². The minimum absolute atomic E-state index is 0.384. The number of hydrogen-bond acceptors (Lipinski definition) is 3. The second-order valence-corrected chi connectivity index (χ2v) is 5.58. The summed E-state index contributed by atoms with van der Waals surface area (Å²) in [5.74, 6) is 1.16. The molecule has 1 aromatic carbocycles. The smallest absolute Gasteiger partial charge is 0.120 e. The van der Waals surface area contributed by atoms with Crippen molar-refractivity contribution in [2.24, 2.45) is 5.92 Å². The fraction of sp³-hybridized carbons (Fsp3) is 0.600. The van der Waals surface area contributed by atoms with Crippen LogP contribution in [0.1, 0.15) is 30.4 Å². The average Bonchev–Trinajstić information content (AvgIpc) is 3.10. The van der Waals surface area contributed by atoms with E-state index in [4.69, 9.17) is 4.74 Å². The van der Waals surface area contributed by atoms with Gasteiger partial charge < -0.3 is 15.2 Å². The molecule has 2 fully saturated rings. The van der Waals surface area contributed by atoms with Gasteiger partial charge in [0.1, 0.15) is 5.75 Å². The Labute approximate surface area is 108 Å². The van der Waals surface area contributed by atoms with Crippen LogP contribution in [0.4, 0.5) is 0 Å². The van der Waals surface area contributed by atoms with E-state index < -0.39 is 0 Å². The molecule has 1 saturated heterocycles. The molecule has 2 aliphatic rings. The van der Waals surface area contributed by atoms with Crippen LogP contribution in [0.5, 0.6) is 5.75 Å². The molecule has 1 saturated carbocycles. The number of phenolic OH excluding ortho intramolecular Hbond substituents is 1. The Kier molecular flexibility index (Phi) is 3.27. The lowest BCUT2D eigenvalue weighted by atomic mass is 10.1. The van der Waals surface area contributed by atoms with Crippen LogP contribution in [0.3, 0.4) is 0 Å². The van der Waals surface area contributed by atoms with Gasteiger partial charge in [-0.3, -0.25) is 0 Å². The summed E-state index contributed by atoms with van der Waals surface area (Å²) in [5, 5.41) is 13.4. The maximum Gasteiger partial charge on any atom is 0.120 e. The van der Waals surface area contributed by atoms with Crippen LogP contribution >= 0.6 is 0 Å². The van der Waals surface area contributed by atoms with Crippen molar-refractivity contribution >= 4 is 0 Å². The lowest BCUT2D eigenvalue weighted by Crippen LogP contribution is -2.37. The van der Waals surface area contributed by atoms with E-state index in [0.717, 1.165) is 31.1 Å². The number of nitrogens with one attached hydrogen (secondary N) is 1.